The van der Waals surface area contributed by atoms with Gasteiger partial charge in [0.1, 0.15) is 17.7 Å². The number of amides is 1. The fourth-order valence-corrected chi connectivity index (χ4v) is 4.30. The number of rotatable bonds is 6. The van der Waals surface area contributed by atoms with E-state index in [1.165, 1.54) is 19.3 Å². The molecule has 1 heterocycles. The summed E-state index contributed by atoms with van der Waals surface area (Å²) < 4.78 is 12.2. The normalized spacial score (nSPS) is 20.9. The third-order valence-corrected chi connectivity index (χ3v) is 5.80. The number of carbonyl (C=O) groups excluding carboxylic acids is 1. The van der Waals surface area contributed by atoms with Crippen LogP contribution < -0.4 is 15.4 Å². The Balaban J connectivity index is 1.56. The monoisotopic (exact) mass is 393 g/mol. The topological polar surface area (TPSA) is 88.6 Å². The van der Waals surface area contributed by atoms with Gasteiger partial charge in [-0.1, -0.05) is 49.6 Å². The Hall–Kier alpha value is -3.02. The molecule has 6 heteroatoms. The first-order valence-electron chi connectivity index (χ1n) is 10.3. The molecule has 0 spiro atoms. The van der Waals surface area contributed by atoms with Crippen molar-refractivity contribution in [2.45, 2.75) is 44.3 Å². The molecule has 152 valence electrons. The number of anilines is 1. The lowest BCUT2D eigenvalue weighted by molar-refractivity contribution is 0.00316. The number of nitrogens with one attached hydrogen (secondary N) is 1. The van der Waals surface area contributed by atoms with E-state index in [2.05, 4.69) is 0 Å². The second kappa shape index (κ2) is 8.55. The third kappa shape index (κ3) is 4.36. The van der Waals surface area contributed by atoms with Crippen molar-refractivity contribution in [3.05, 3.63) is 60.2 Å². The van der Waals surface area contributed by atoms with Gasteiger partial charge in [0.15, 0.2) is 6.10 Å². The summed E-state index contributed by atoms with van der Waals surface area (Å²) in [6.45, 7) is 0.425. The molecule has 4 rings (SSSR count). The highest BCUT2D eigenvalue weighted by Gasteiger charge is 2.42. The zero-order valence-corrected chi connectivity index (χ0v) is 16.4. The standard InChI is InChI=1S/C23H27N3O3/c24-22(25)17-10-7-11-18(14-17)26-15-20(29-23(26)27)21(16-8-3-1-4-9-16)28-19-12-5-2-6-13-19/h2,5-7,10-14,16,20-21H,1,3-4,8-9,15H2,(H3,24,25). The summed E-state index contributed by atoms with van der Waals surface area (Å²) >= 11 is 0. The van der Waals surface area contributed by atoms with E-state index in [4.69, 9.17) is 20.6 Å². The fraction of sp³-hybridized carbons (Fsp3) is 0.391. The van der Waals surface area contributed by atoms with Crippen LogP contribution in [0.5, 0.6) is 5.75 Å². The summed E-state index contributed by atoms with van der Waals surface area (Å²) in [6.07, 6.45) is 4.90. The fourth-order valence-electron chi connectivity index (χ4n) is 4.30. The zero-order valence-electron chi connectivity index (χ0n) is 16.4. The number of ether oxygens (including phenoxy) is 2. The molecule has 0 aromatic heterocycles. The van der Waals surface area contributed by atoms with Gasteiger partial charge in [0.25, 0.3) is 0 Å². The first kappa shape index (κ1) is 19.3. The Morgan fingerprint density at radius 2 is 1.86 bits per heavy atom. The number of hydrogen-bond acceptors (Lipinski definition) is 4. The van der Waals surface area contributed by atoms with Gasteiger partial charge in [0.05, 0.1) is 6.54 Å². The minimum atomic E-state index is -0.381. The Morgan fingerprint density at radius 1 is 1.10 bits per heavy atom. The molecule has 1 aliphatic heterocycles. The molecule has 2 aromatic rings. The predicted molar refractivity (Wildman–Crippen MR) is 113 cm³/mol. The lowest BCUT2D eigenvalue weighted by Crippen LogP contribution is -2.42. The van der Waals surface area contributed by atoms with E-state index in [-0.39, 0.29) is 24.1 Å². The van der Waals surface area contributed by atoms with Crippen LogP contribution in [-0.4, -0.2) is 30.7 Å². The third-order valence-electron chi connectivity index (χ3n) is 5.80. The van der Waals surface area contributed by atoms with Gasteiger partial charge < -0.3 is 15.2 Å². The van der Waals surface area contributed by atoms with E-state index < -0.39 is 0 Å². The van der Waals surface area contributed by atoms with Gasteiger partial charge in [0.2, 0.25) is 0 Å². The summed E-state index contributed by atoms with van der Waals surface area (Å²) in [6, 6.07) is 16.9. The SMILES string of the molecule is N=C(N)c1cccc(N2CC(C(Oc3ccccc3)C3CCCCC3)OC2=O)c1. The molecule has 29 heavy (non-hydrogen) atoms. The molecule has 0 radical (unpaired) electrons. The van der Waals surface area contributed by atoms with Crippen molar-refractivity contribution >= 4 is 17.6 Å². The molecule has 1 aliphatic carbocycles. The molecule has 2 aromatic carbocycles. The van der Waals surface area contributed by atoms with Crippen molar-refractivity contribution in [1.29, 1.82) is 5.41 Å². The van der Waals surface area contributed by atoms with Gasteiger partial charge in [-0.25, -0.2) is 4.79 Å². The van der Waals surface area contributed by atoms with Crippen LogP contribution in [0, 0.1) is 11.3 Å². The minimum absolute atomic E-state index is 0.0246. The number of cyclic esters (lactones) is 1. The van der Waals surface area contributed by atoms with E-state index in [0.717, 1.165) is 18.6 Å². The molecule has 2 unspecified atom stereocenters. The molecule has 6 nitrogen and oxygen atoms in total. The van der Waals surface area contributed by atoms with Crippen molar-refractivity contribution in [2.24, 2.45) is 11.7 Å². The highest BCUT2D eigenvalue weighted by molar-refractivity contribution is 5.97. The maximum absolute atomic E-state index is 12.7. The number of nitrogens with zero attached hydrogens (tertiary/aromatic N) is 1. The summed E-state index contributed by atoms with van der Waals surface area (Å²) in [5, 5.41) is 7.64. The minimum Gasteiger partial charge on any atom is -0.486 e. The number of benzene rings is 2. The second-order valence-corrected chi connectivity index (χ2v) is 7.79. The van der Waals surface area contributed by atoms with Gasteiger partial charge in [-0.15, -0.1) is 0 Å². The number of amidine groups is 1. The summed E-state index contributed by atoms with van der Waals surface area (Å²) in [4.78, 5) is 14.3. The Morgan fingerprint density at radius 3 is 2.59 bits per heavy atom. The quantitative estimate of drug-likeness (QED) is 0.565. The summed E-state index contributed by atoms with van der Waals surface area (Å²) in [5.74, 6) is 1.14. The van der Waals surface area contributed by atoms with Gasteiger partial charge >= 0.3 is 6.09 Å². The molecule has 0 bridgehead atoms. The molecule has 2 aliphatic rings. The first-order valence-corrected chi connectivity index (χ1v) is 10.3. The van der Waals surface area contributed by atoms with Crippen LogP contribution in [0.25, 0.3) is 0 Å². The average Bonchev–Trinajstić information content (AvgIpc) is 3.15. The van der Waals surface area contributed by atoms with Crippen LogP contribution in [0.2, 0.25) is 0 Å². The van der Waals surface area contributed by atoms with E-state index in [0.29, 0.717) is 23.7 Å². The van der Waals surface area contributed by atoms with E-state index in [1.54, 1.807) is 23.1 Å². The highest BCUT2D eigenvalue weighted by Crippen LogP contribution is 2.34. The largest absolute Gasteiger partial charge is 0.486 e. The summed E-state index contributed by atoms with van der Waals surface area (Å²) in [5.41, 5.74) is 6.88. The van der Waals surface area contributed by atoms with E-state index >= 15 is 0 Å². The number of carbonyl (C=O) groups is 1. The van der Waals surface area contributed by atoms with Gasteiger partial charge in [-0.3, -0.25) is 10.3 Å². The molecule has 3 N–H and O–H groups in total. The van der Waals surface area contributed by atoms with Crippen molar-refractivity contribution in [3.63, 3.8) is 0 Å². The van der Waals surface area contributed by atoms with Crippen LogP contribution in [0.4, 0.5) is 10.5 Å². The lowest BCUT2D eigenvalue weighted by atomic mass is 9.83. The molecule has 1 saturated heterocycles. The summed E-state index contributed by atoms with van der Waals surface area (Å²) in [7, 11) is 0. The van der Waals surface area contributed by atoms with E-state index in [1.807, 2.05) is 36.4 Å². The van der Waals surface area contributed by atoms with Gasteiger partial charge in [-0.2, -0.15) is 0 Å². The van der Waals surface area contributed by atoms with Crippen LogP contribution in [0.3, 0.4) is 0 Å². The van der Waals surface area contributed by atoms with Gasteiger partial charge in [0, 0.05) is 11.3 Å². The maximum atomic E-state index is 12.7. The molecule has 2 fully saturated rings. The number of nitrogens with two attached hydrogens (primary N) is 1. The second-order valence-electron chi connectivity index (χ2n) is 7.79. The van der Waals surface area contributed by atoms with Crippen LogP contribution in [0.15, 0.2) is 54.6 Å². The van der Waals surface area contributed by atoms with Crippen molar-refractivity contribution in [2.75, 3.05) is 11.4 Å². The van der Waals surface area contributed by atoms with E-state index in [9.17, 15) is 4.79 Å². The van der Waals surface area contributed by atoms with Crippen molar-refractivity contribution in [3.8, 4) is 5.75 Å². The van der Waals surface area contributed by atoms with Gasteiger partial charge in [-0.05, 0) is 43.0 Å². The van der Waals surface area contributed by atoms with Crippen LogP contribution in [0.1, 0.15) is 37.7 Å². The van der Waals surface area contributed by atoms with Crippen molar-refractivity contribution in [1.82, 2.24) is 0 Å². The molecule has 1 saturated carbocycles. The van der Waals surface area contributed by atoms with Crippen LogP contribution in [-0.2, 0) is 4.74 Å². The predicted octanol–water partition coefficient (Wildman–Crippen LogP) is 4.32. The Labute approximate surface area is 171 Å². The molecular weight excluding hydrogens is 366 g/mol. The lowest BCUT2D eigenvalue weighted by Gasteiger charge is -2.33. The zero-order chi connectivity index (χ0) is 20.2. The molecular formula is C23H27N3O3. The first-order chi connectivity index (χ1) is 14.1. The highest BCUT2D eigenvalue weighted by atomic mass is 16.6. The number of nitrogen functional groups attached to an aromatic ring is 1. The average molecular weight is 393 g/mol. The maximum Gasteiger partial charge on any atom is 0.414 e. The molecule has 2 atom stereocenters. The van der Waals surface area contributed by atoms with Crippen molar-refractivity contribution < 1.29 is 14.3 Å². The number of para-hydroxylation sites is 1. The molecule has 1 amide bonds. The number of hydrogen-bond donors (Lipinski definition) is 2. The Bertz CT molecular complexity index is 865. The van der Waals surface area contributed by atoms with Crippen LogP contribution >= 0.6 is 0 Å². The smallest absolute Gasteiger partial charge is 0.414 e. The Kier molecular flexibility index (Phi) is 5.69.